The molecule has 2 aromatic carbocycles. The van der Waals surface area contributed by atoms with Gasteiger partial charge in [0, 0.05) is 30.5 Å². The Morgan fingerprint density at radius 3 is 2.55 bits per heavy atom. The summed E-state index contributed by atoms with van der Waals surface area (Å²) in [5.74, 6) is 0. The van der Waals surface area contributed by atoms with Crippen LogP contribution in [0.4, 0.5) is 0 Å². The normalized spacial score (nSPS) is 35.8. The standard InChI is InChI=1S/C24H23OPS2Si/c1-29(2)23-21(17-12-6-8-14-19(17)27-23)26(25,16-10-4-3-5-11-16)22-18-13-7-9-15-20(18)28-24(22)29/h3-15,19,22-24H,1-2H3. The lowest BCUT2D eigenvalue weighted by Gasteiger charge is -2.48. The maximum atomic E-state index is 15.4. The molecule has 1 saturated heterocycles. The molecule has 0 aromatic heterocycles. The van der Waals surface area contributed by atoms with Crippen molar-refractivity contribution in [3.63, 3.8) is 0 Å². The first-order valence-electron chi connectivity index (χ1n) is 10.2. The first-order valence-corrected chi connectivity index (χ1v) is 16.9. The van der Waals surface area contributed by atoms with Crippen molar-refractivity contribution >= 4 is 44.0 Å². The van der Waals surface area contributed by atoms with Crippen molar-refractivity contribution in [2.45, 2.75) is 38.6 Å². The lowest BCUT2D eigenvalue weighted by molar-refractivity contribution is 0.575. The fourth-order valence-corrected chi connectivity index (χ4v) is 22.7. The summed E-state index contributed by atoms with van der Waals surface area (Å²) >= 11 is 4.10. The lowest BCUT2D eigenvalue weighted by Crippen LogP contribution is -2.55. The van der Waals surface area contributed by atoms with E-state index in [4.69, 9.17) is 0 Å². The second kappa shape index (κ2) is 6.40. The van der Waals surface area contributed by atoms with Crippen molar-refractivity contribution in [2.24, 2.45) is 0 Å². The molecule has 4 aliphatic rings. The zero-order valence-electron chi connectivity index (χ0n) is 16.5. The average molecular weight is 451 g/mol. The zero-order valence-corrected chi connectivity index (χ0v) is 20.0. The molecule has 2 aromatic rings. The molecular formula is C24H23OPS2Si. The van der Waals surface area contributed by atoms with Gasteiger partial charge >= 0.3 is 0 Å². The summed E-state index contributed by atoms with van der Waals surface area (Å²) in [5, 5.41) is 2.71. The minimum Gasteiger partial charge on any atom is -0.313 e. The van der Waals surface area contributed by atoms with Crippen LogP contribution < -0.4 is 5.30 Å². The van der Waals surface area contributed by atoms with Crippen LogP contribution in [0.3, 0.4) is 0 Å². The Bertz CT molecular complexity index is 1150. The van der Waals surface area contributed by atoms with Crippen LogP contribution in [0, 0.1) is 0 Å². The van der Waals surface area contributed by atoms with Crippen LogP contribution in [0.15, 0.2) is 94.7 Å². The topological polar surface area (TPSA) is 17.1 Å². The number of fused-ring (bicyclic) bond motifs is 5. The van der Waals surface area contributed by atoms with Crippen LogP contribution in [0.25, 0.3) is 0 Å². The van der Waals surface area contributed by atoms with Crippen LogP contribution in [0.1, 0.15) is 11.2 Å². The predicted molar refractivity (Wildman–Crippen MR) is 130 cm³/mol. The van der Waals surface area contributed by atoms with E-state index < -0.39 is 15.2 Å². The maximum absolute atomic E-state index is 15.4. The molecule has 5 atom stereocenters. The largest absolute Gasteiger partial charge is 0.313 e. The highest BCUT2D eigenvalue weighted by Gasteiger charge is 2.65. The monoisotopic (exact) mass is 450 g/mol. The Morgan fingerprint density at radius 2 is 1.72 bits per heavy atom. The van der Waals surface area contributed by atoms with E-state index in [1.54, 1.807) is 0 Å². The molecule has 0 N–H and O–H groups in total. The second-order valence-electron chi connectivity index (χ2n) is 8.86. The Hall–Kier alpha value is -1.19. The van der Waals surface area contributed by atoms with Gasteiger partial charge in [-0.25, -0.2) is 0 Å². The molecule has 0 saturated carbocycles. The van der Waals surface area contributed by atoms with Crippen molar-refractivity contribution < 1.29 is 4.57 Å². The number of hydrogen-bond acceptors (Lipinski definition) is 3. The van der Waals surface area contributed by atoms with Gasteiger partial charge in [-0.1, -0.05) is 85.9 Å². The fourth-order valence-electron chi connectivity index (χ4n) is 5.52. The molecule has 0 radical (unpaired) electrons. The summed E-state index contributed by atoms with van der Waals surface area (Å²) in [6.45, 7) is 5.09. The van der Waals surface area contributed by atoms with E-state index in [0.29, 0.717) is 15.0 Å². The van der Waals surface area contributed by atoms with Gasteiger partial charge < -0.3 is 4.57 Å². The van der Waals surface area contributed by atoms with Gasteiger partial charge in [-0.3, -0.25) is 0 Å². The summed E-state index contributed by atoms with van der Waals surface area (Å²) in [6.07, 6.45) is 8.85. The highest BCUT2D eigenvalue weighted by molar-refractivity contribution is 8.07. The van der Waals surface area contributed by atoms with Crippen LogP contribution in [0.5, 0.6) is 0 Å². The van der Waals surface area contributed by atoms with Crippen LogP contribution in [-0.4, -0.2) is 23.1 Å². The maximum Gasteiger partial charge on any atom is 0.148 e. The smallest absolute Gasteiger partial charge is 0.148 e. The van der Waals surface area contributed by atoms with Gasteiger partial charge in [-0.15, -0.1) is 23.5 Å². The van der Waals surface area contributed by atoms with Crippen molar-refractivity contribution in [1.82, 2.24) is 0 Å². The van der Waals surface area contributed by atoms with Gasteiger partial charge in [0.2, 0.25) is 0 Å². The first-order chi connectivity index (χ1) is 14.0. The van der Waals surface area contributed by atoms with E-state index in [1.807, 2.05) is 17.8 Å². The van der Waals surface area contributed by atoms with E-state index in [2.05, 4.69) is 97.7 Å². The number of thioether (sulfide) groups is 2. The Morgan fingerprint density at radius 1 is 0.966 bits per heavy atom. The zero-order chi connectivity index (χ0) is 19.8. The van der Waals surface area contributed by atoms with E-state index in [0.717, 1.165) is 5.30 Å². The minimum absolute atomic E-state index is 0.116. The quantitative estimate of drug-likeness (QED) is 0.362. The van der Waals surface area contributed by atoms with Gasteiger partial charge in [0.25, 0.3) is 0 Å². The first kappa shape index (κ1) is 18.6. The molecule has 146 valence electrons. The number of benzene rings is 2. The van der Waals surface area contributed by atoms with E-state index in [-0.39, 0.29) is 5.66 Å². The minimum atomic E-state index is -2.79. The molecule has 1 aliphatic carbocycles. The summed E-state index contributed by atoms with van der Waals surface area (Å²) in [5.41, 5.74) is 2.78. The summed E-state index contributed by atoms with van der Waals surface area (Å²) < 4.78 is 15.4. The molecule has 1 nitrogen and oxygen atoms in total. The molecule has 1 fully saturated rings. The fraction of sp³-hybridized carbons (Fsp3) is 0.250. The number of allylic oxidation sites excluding steroid dienone is 3. The van der Waals surface area contributed by atoms with E-state index in [9.17, 15) is 0 Å². The van der Waals surface area contributed by atoms with Gasteiger partial charge in [-0.2, -0.15) is 0 Å². The van der Waals surface area contributed by atoms with Gasteiger partial charge in [-0.05, 0) is 17.2 Å². The van der Waals surface area contributed by atoms with E-state index in [1.165, 1.54) is 21.3 Å². The number of hydrogen-bond donors (Lipinski definition) is 0. The van der Waals surface area contributed by atoms with Crippen molar-refractivity contribution in [3.05, 3.63) is 95.4 Å². The van der Waals surface area contributed by atoms with Crippen LogP contribution in [-0.2, 0) is 4.57 Å². The Labute approximate surface area is 182 Å². The molecule has 3 heterocycles. The molecule has 0 amide bonds. The molecule has 5 heteroatoms. The highest BCUT2D eigenvalue weighted by Crippen LogP contribution is 2.79. The summed E-state index contributed by atoms with van der Waals surface area (Å²) in [7, 11) is -4.52. The van der Waals surface area contributed by atoms with Crippen LogP contribution in [0.2, 0.25) is 13.1 Å². The lowest BCUT2D eigenvalue weighted by atomic mass is 10.1. The molecule has 29 heavy (non-hydrogen) atoms. The van der Waals surface area contributed by atoms with Gasteiger partial charge in [0.05, 0.1) is 13.7 Å². The van der Waals surface area contributed by atoms with Crippen molar-refractivity contribution in [1.29, 1.82) is 0 Å². The molecule has 0 bridgehead atoms. The van der Waals surface area contributed by atoms with Crippen molar-refractivity contribution in [3.8, 4) is 0 Å². The number of rotatable bonds is 1. The summed E-state index contributed by atoms with van der Waals surface area (Å²) in [4.78, 5) is 2.23. The molecule has 0 spiro atoms. The second-order valence-corrected chi connectivity index (χ2v) is 19.8. The molecule has 6 rings (SSSR count). The van der Waals surface area contributed by atoms with Gasteiger partial charge in [0.15, 0.2) is 0 Å². The Kier molecular flexibility index (Phi) is 4.10. The predicted octanol–water partition coefficient (Wildman–Crippen LogP) is 6.56. The highest BCUT2D eigenvalue weighted by atomic mass is 32.2. The Balaban J connectivity index is 1.70. The third-order valence-corrected chi connectivity index (χ3v) is 21.7. The van der Waals surface area contributed by atoms with E-state index >= 15 is 4.57 Å². The molecular weight excluding hydrogens is 427 g/mol. The molecule has 5 unspecified atom stereocenters. The summed E-state index contributed by atoms with van der Waals surface area (Å²) in [6, 6.07) is 19.1. The van der Waals surface area contributed by atoms with Crippen LogP contribution >= 0.6 is 30.7 Å². The SMILES string of the molecule is C[Si]1(C)C2SC3C=CC=CC3=C2P(=O)(c2ccccc2)C2c3ccccc3SC21. The van der Waals surface area contributed by atoms with Crippen molar-refractivity contribution in [2.75, 3.05) is 0 Å². The third kappa shape index (κ3) is 2.41. The average Bonchev–Trinajstić information content (AvgIpc) is 3.34. The third-order valence-electron chi connectivity index (χ3n) is 6.88. The van der Waals surface area contributed by atoms with Gasteiger partial charge in [0.1, 0.15) is 7.14 Å². The molecule has 3 aliphatic heterocycles.